The predicted octanol–water partition coefficient (Wildman–Crippen LogP) is 4.82. The zero-order chi connectivity index (χ0) is 23.3. The molecule has 1 aromatic heterocycles. The van der Waals surface area contributed by atoms with Crippen molar-refractivity contribution in [3.8, 4) is 11.3 Å². The van der Waals surface area contributed by atoms with Crippen LogP contribution in [-0.2, 0) is 17.9 Å². The Kier molecular flexibility index (Phi) is 6.40. The summed E-state index contributed by atoms with van der Waals surface area (Å²) in [6.07, 6.45) is 1.60. The standard InChI is InChI=1S/C28H28N4O2/c29-19-23-8-4-5-9-25(23)27-26-11-10-24(18-22(26)12-13-30-27)31-14-16-32(17-15-31)28(33)34-20-21-6-2-1-3-7-21/h1-13,18H,14-17,19-20,29H2. The van der Waals surface area contributed by atoms with Crippen molar-refractivity contribution in [3.05, 3.63) is 96.2 Å². The summed E-state index contributed by atoms with van der Waals surface area (Å²) in [4.78, 5) is 21.3. The zero-order valence-electron chi connectivity index (χ0n) is 19.1. The molecule has 1 saturated heterocycles. The van der Waals surface area contributed by atoms with Gasteiger partial charge < -0.3 is 20.3 Å². The van der Waals surface area contributed by atoms with E-state index in [0.717, 1.165) is 51.9 Å². The maximum Gasteiger partial charge on any atom is 0.410 e. The topological polar surface area (TPSA) is 71.7 Å². The minimum Gasteiger partial charge on any atom is -0.445 e. The number of hydrogen-bond acceptors (Lipinski definition) is 5. The molecule has 0 radical (unpaired) electrons. The number of nitrogens with two attached hydrogens (primary N) is 1. The number of nitrogens with zero attached hydrogens (tertiary/aromatic N) is 3. The van der Waals surface area contributed by atoms with Crippen LogP contribution in [0.1, 0.15) is 11.1 Å². The van der Waals surface area contributed by atoms with Gasteiger partial charge in [-0.25, -0.2) is 4.79 Å². The number of piperazine rings is 1. The van der Waals surface area contributed by atoms with E-state index in [1.165, 1.54) is 0 Å². The summed E-state index contributed by atoms with van der Waals surface area (Å²) in [6.45, 7) is 3.58. The van der Waals surface area contributed by atoms with Gasteiger partial charge in [0.2, 0.25) is 0 Å². The highest BCUT2D eigenvalue weighted by atomic mass is 16.6. The highest BCUT2D eigenvalue weighted by molar-refractivity contribution is 5.96. The Morgan fingerprint density at radius 3 is 2.47 bits per heavy atom. The number of aromatic nitrogens is 1. The van der Waals surface area contributed by atoms with E-state index in [-0.39, 0.29) is 6.09 Å². The van der Waals surface area contributed by atoms with Crippen LogP contribution in [0.2, 0.25) is 0 Å². The van der Waals surface area contributed by atoms with E-state index >= 15 is 0 Å². The van der Waals surface area contributed by atoms with Gasteiger partial charge in [0.05, 0.1) is 5.69 Å². The highest BCUT2D eigenvalue weighted by Crippen LogP contribution is 2.31. The molecule has 0 aliphatic carbocycles. The average molecular weight is 453 g/mol. The van der Waals surface area contributed by atoms with Crippen LogP contribution in [0, 0.1) is 0 Å². The van der Waals surface area contributed by atoms with Crippen LogP contribution in [0.15, 0.2) is 85.1 Å². The van der Waals surface area contributed by atoms with Crippen LogP contribution < -0.4 is 10.6 Å². The van der Waals surface area contributed by atoms with E-state index in [2.05, 4.69) is 40.2 Å². The average Bonchev–Trinajstić information content (AvgIpc) is 2.91. The van der Waals surface area contributed by atoms with Gasteiger partial charge in [-0.3, -0.25) is 4.98 Å². The molecule has 172 valence electrons. The molecule has 1 amide bonds. The molecule has 2 heterocycles. The summed E-state index contributed by atoms with van der Waals surface area (Å²) < 4.78 is 5.49. The van der Waals surface area contributed by atoms with Crippen molar-refractivity contribution in [1.29, 1.82) is 0 Å². The number of amides is 1. The lowest BCUT2D eigenvalue weighted by Crippen LogP contribution is -2.48. The van der Waals surface area contributed by atoms with Crippen LogP contribution in [0.3, 0.4) is 0 Å². The lowest BCUT2D eigenvalue weighted by molar-refractivity contribution is 0.0942. The third-order valence-corrected chi connectivity index (χ3v) is 6.35. The van der Waals surface area contributed by atoms with Gasteiger partial charge in [0.15, 0.2) is 0 Å². The van der Waals surface area contributed by atoms with Crippen molar-refractivity contribution in [2.75, 3.05) is 31.1 Å². The molecule has 0 atom stereocenters. The molecule has 3 aromatic carbocycles. The second-order valence-electron chi connectivity index (χ2n) is 8.44. The van der Waals surface area contributed by atoms with Crippen molar-refractivity contribution >= 4 is 22.6 Å². The molecular formula is C28H28N4O2. The number of ether oxygens (including phenoxy) is 1. The monoisotopic (exact) mass is 452 g/mol. The van der Waals surface area contributed by atoms with Gasteiger partial charge in [0, 0.05) is 55.6 Å². The van der Waals surface area contributed by atoms with Crippen LogP contribution in [0.25, 0.3) is 22.0 Å². The van der Waals surface area contributed by atoms with E-state index in [0.29, 0.717) is 26.2 Å². The van der Waals surface area contributed by atoms with Gasteiger partial charge in [-0.05, 0) is 34.7 Å². The first-order valence-electron chi connectivity index (χ1n) is 11.6. The number of carbonyl (C=O) groups excluding carboxylic acids is 1. The molecule has 6 nitrogen and oxygen atoms in total. The molecule has 1 aliphatic heterocycles. The van der Waals surface area contributed by atoms with E-state index in [1.54, 1.807) is 4.90 Å². The van der Waals surface area contributed by atoms with E-state index < -0.39 is 0 Å². The first-order chi connectivity index (χ1) is 16.7. The van der Waals surface area contributed by atoms with Gasteiger partial charge in [0.1, 0.15) is 6.61 Å². The fourth-order valence-corrected chi connectivity index (χ4v) is 4.46. The first-order valence-corrected chi connectivity index (χ1v) is 11.6. The number of benzene rings is 3. The number of rotatable bonds is 5. The van der Waals surface area contributed by atoms with Gasteiger partial charge >= 0.3 is 6.09 Å². The Balaban J connectivity index is 1.27. The van der Waals surface area contributed by atoms with E-state index in [9.17, 15) is 4.79 Å². The number of carbonyl (C=O) groups is 1. The van der Waals surface area contributed by atoms with Crippen LogP contribution in [0.5, 0.6) is 0 Å². The van der Waals surface area contributed by atoms with E-state index in [1.807, 2.05) is 54.7 Å². The van der Waals surface area contributed by atoms with Crippen molar-refractivity contribution in [3.63, 3.8) is 0 Å². The molecule has 0 saturated carbocycles. The Morgan fingerprint density at radius 2 is 1.68 bits per heavy atom. The SMILES string of the molecule is NCc1ccccc1-c1nccc2cc(N3CCN(C(=O)OCc4ccccc4)CC3)ccc12. The Bertz CT molecular complexity index is 1280. The smallest absolute Gasteiger partial charge is 0.410 e. The van der Waals surface area contributed by atoms with E-state index in [4.69, 9.17) is 10.5 Å². The normalized spacial score (nSPS) is 13.8. The maximum absolute atomic E-state index is 12.5. The fourth-order valence-electron chi connectivity index (χ4n) is 4.46. The van der Waals surface area contributed by atoms with Gasteiger partial charge in [-0.2, -0.15) is 0 Å². The third-order valence-electron chi connectivity index (χ3n) is 6.35. The van der Waals surface area contributed by atoms with Crippen molar-refractivity contribution in [2.24, 2.45) is 5.73 Å². The van der Waals surface area contributed by atoms with Crippen LogP contribution >= 0.6 is 0 Å². The molecule has 2 N–H and O–H groups in total. The Morgan fingerprint density at radius 1 is 0.912 bits per heavy atom. The number of fused-ring (bicyclic) bond motifs is 1. The van der Waals surface area contributed by atoms with Gasteiger partial charge in [0.25, 0.3) is 0 Å². The highest BCUT2D eigenvalue weighted by Gasteiger charge is 2.23. The summed E-state index contributed by atoms with van der Waals surface area (Å²) in [5, 5.41) is 2.24. The Hall–Kier alpha value is -3.90. The largest absolute Gasteiger partial charge is 0.445 e. The van der Waals surface area contributed by atoms with Crippen LogP contribution in [-0.4, -0.2) is 42.2 Å². The summed E-state index contributed by atoms with van der Waals surface area (Å²) in [5.41, 5.74) is 11.2. The molecule has 0 bridgehead atoms. The quantitative estimate of drug-likeness (QED) is 0.470. The lowest BCUT2D eigenvalue weighted by Gasteiger charge is -2.35. The molecule has 34 heavy (non-hydrogen) atoms. The van der Waals surface area contributed by atoms with Crippen molar-refractivity contribution < 1.29 is 9.53 Å². The number of pyridine rings is 1. The molecule has 1 aliphatic rings. The molecule has 4 aromatic rings. The zero-order valence-corrected chi connectivity index (χ0v) is 19.1. The summed E-state index contributed by atoms with van der Waals surface area (Å²) in [7, 11) is 0. The molecule has 6 heteroatoms. The maximum atomic E-state index is 12.5. The molecule has 0 unspecified atom stereocenters. The fraction of sp³-hybridized carbons (Fsp3) is 0.214. The first kappa shape index (κ1) is 21.9. The number of hydrogen-bond donors (Lipinski definition) is 1. The molecule has 5 rings (SSSR count). The molecular weight excluding hydrogens is 424 g/mol. The van der Waals surface area contributed by atoms with Crippen LogP contribution in [0.4, 0.5) is 10.5 Å². The number of anilines is 1. The molecule has 1 fully saturated rings. The van der Waals surface area contributed by atoms with Gasteiger partial charge in [-0.1, -0.05) is 60.7 Å². The second kappa shape index (κ2) is 9.93. The lowest BCUT2D eigenvalue weighted by atomic mass is 9.99. The van der Waals surface area contributed by atoms with Gasteiger partial charge in [-0.15, -0.1) is 0 Å². The summed E-state index contributed by atoms with van der Waals surface area (Å²) in [5.74, 6) is 0. The minimum atomic E-state index is -0.253. The van der Waals surface area contributed by atoms with Crippen molar-refractivity contribution in [2.45, 2.75) is 13.2 Å². The van der Waals surface area contributed by atoms with Crippen molar-refractivity contribution in [1.82, 2.24) is 9.88 Å². The summed E-state index contributed by atoms with van der Waals surface area (Å²) in [6, 6.07) is 26.4. The predicted molar refractivity (Wildman–Crippen MR) is 135 cm³/mol. The summed E-state index contributed by atoms with van der Waals surface area (Å²) >= 11 is 0. The Labute approximate surface area is 199 Å². The third kappa shape index (κ3) is 4.58. The molecule has 0 spiro atoms. The minimum absolute atomic E-state index is 0.253. The second-order valence-corrected chi connectivity index (χ2v) is 8.44.